The van der Waals surface area contributed by atoms with Crippen LogP contribution in [0.4, 0.5) is 0 Å². The number of hydrogen-bond acceptors (Lipinski definition) is 4. The maximum absolute atomic E-state index is 10.4. The molecule has 4 heteroatoms. The van der Waals surface area contributed by atoms with E-state index in [1.165, 1.54) is 31.2 Å². The summed E-state index contributed by atoms with van der Waals surface area (Å²) in [5.41, 5.74) is 3.01. The molecule has 1 aromatic carbocycles. The molecule has 0 spiro atoms. The Morgan fingerprint density at radius 3 is 1.59 bits per heavy atom. The number of aliphatic hydroxyl groups excluding tert-OH is 3. The van der Waals surface area contributed by atoms with E-state index >= 15 is 0 Å². The fourth-order valence-corrected chi connectivity index (χ4v) is 4.67. The zero-order chi connectivity index (χ0) is 26.2. The van der Waals surface area contributed by atoms with Gasteiger partial charge in [-0.25, -0.2) is 0 Å². The monoisotopic (exact) mass is 478 g/mol. The highest BCUT2D eigenvalue weighted by Gasteiger charge is 2.44. The summed E-state index contributed by atoms with van der Waals surface area (Å²) >= 11 is 0. The van der Waals surface area contributed by atoms with Crippen molar-refractivity contribution in [2.45, 2.75) is 118 Å². The van der Waals surface area contributed by atoms with Crippen LogP contribution in [0.1, 0.15) is 122 Å². The van der Waals surface area contributed by atoms with Gasteiger partial charge in [0.2, 0.25) is 0 Å². The average molecular weight is 479 g/mol. The van der Waals surface area contributed by atoms with Gasteiger partial charge < -0.3 is 20.1 Å². The molecule has 0 aliphatic heterocycles. The Morgan fingerprint density at radius 2 is 1.18 bits per heavy atom. The lowest BCUT2D eigenvalue weighted by molar-refractivity contribution is -0.118. The van der Waals surface area contributed by atoms with E-state index in [2.05, 4.69) is 74.4 Å². The second kappa shape index (κ2) is 13.4. The van der Waals surface area contributed by atoms with Gasteiger partial charge in [-0.3, -0.25) is 0 Å². The van der Waals surface area contributed by atoms with Crippen LogP contribution in [0.3, 0.4) is 0 Å². The Hall–Kier alpha value is -0.940. The molecular formula is C30H54O4. The summed E-state index contributed by atoms with van der Waals surface area (Å²) in [6, 6.07) is 4.40. The molecule has 0 saturated carbocycles. The summed E-state index contributed by atoms with van der Waals surface area (Å²) in [5, 5.41) is 31.2. The highest BCUT2D eigenvalue weighted by Crippen LogP contribution is 2.46. The molecule has 198 valence electrons. The first-order valence-corrected chi connectivity index (χ1v) is 13.3. The predicted octanol–water partition coefficient (Wildman–Crippen LogP) is 6.61. The van der Waals surface area contributed by atoms with Crippen LogP contribution in [0, 0.1) is 18.3 Å². The van der Waals surface area contributed by atoms with Crippen LogP contribution in [0.15, 0.2) is 12.1 Å². The first kappa shape index (κ1) is 31.1. The van der Waals surface area contributed by atoms with E-state index in [-0.39, 0.29) is 30.7 Å². The van der Waals surface area contributed by atoms with Gasteiger partial charge in [0.25, 0.3) is 0 Å². The second-order valence-corrected chi connectivity index (χ2v) is 12.8. The summed E-state index contributed by atoms with van der Waals surface area (Å²) in [7, 11) is 0. The van der Waals surface area contributed by atoms with E-state index in [1.54, 1.807) is 0 Å². The van der Waals surface area contributed by atoms with E-state index in [1.807, 2.05) is 0 Å². The standard InChI is InChI=1S/C30H54O4/c1-22(2)15-13-11-10-12-14-16-34-27(30(19-31,20-32)21-33)26-24(28(4,5)6)17-23(3)18-25(26)29(7,8)9/h17-18,22,27,31-33H,10-16,19-21H2,1-9H3. The maximum atomic E-state index is 10.4. The number of ether oxygens (including phenoxy) is 1. The molecule has 1 rings (SSSR count). The van der Waals surface area contributed by atoms with E-state index in [0.29, 0.717) is 6.61 Å². The molecule has 0 heterocycles. The number of hydrogen-bond donors (Lipinski definition) is 3. The van der Waals surface area contributed by atoms with Crippen LogP contribution in [0.25, 0.3) is 0 Å². The van der Waals surface area contributed by atoms with Crippen molar-refractivity contribution in [1.82, 2.24) is 0 Å². The molecule has 0 bridgehead atoms. The largest absolute Gasteiger partial charge is 0.395 e. The molecule has 3 N–H and O–H groups in total. The molecule has 0 saturated heterocycles. The zero-order valence-electron chi connectivity index (χ0n) is 23.6. The van der Waals surface area contributed by atoms with Crippen LogP contribution in [0.5, 0.6) is 0 Å². The van der Waals surface area contributed by atoms with Gasteiger partial charge in [-0.15, -0.1) is 0 Å². The highest BCUT2D eigenvalue weighted by atomic mass is 16.5. The van der Waals surface area contributed by atoms with Gasteiger partial charge in [0.05, 0.1) is 31.3 Å². The lowest BCUT2D eigenvalue weighted by atomic mass is 9.69. The lowest BCUT2D eigenvalue weighted by Crippen LogP contribution is -2.43. The molecule has 4 nitrogen and oxygen atoms in total. The van der Waals surface area contributed by atoms with Crippen molar-refractivity contribution in [3.63, 3.8) is 0 Å². The zero-order valence-corrected chi connectivity index (χ0v) is 23.6. The molecule has 34 heavy (non-hydrogen) atoms. The molecule has 1 unspecified atom stereocenters. The van der Waals surface area contributed by atoms with Crippen molar-refractivity contribution < 1.29 is 20.1 Å². The summed E-state index contributed by atoms with van der Waals surface area (Å²) in [6.07, 6.45) is 6.42. The van der Waals surface area contributed by atoms with Crippen molar-refractivity contribution in [3.8, 4) is 0 Å². The van der Waals surface area contributed by atoms with E-state index in [9.17, 15) is 15.3 Å². The van der Waals surface area contributed by atoms with Crippen LogP contribution in [0.2, 0.25) is 0 Å². The topological polar surface area (TPSA) is 69.9 Å². The first-order chi connectivity index (χ1) is 15.7. The summed E-state index contributed by atoms with van der Waals surface area (Å²) in [6.45, 7) is 19.3. The Balaban J connectivity index is 3.34. The fourth-order valence-electron chi connectivity index (χ4n) is 4.67. The Bertz CT molecular complexity index is 677. The third-order valence-corrected chi connectivity index (χ3v) is 6.91. The Labute approximate surface area is 210 Å². The second-order valence-electron chi connectivity index (χ2n) is 12.8. The van der Waals surface area contributed by atoms with Crippen molar-refractivity contribution in [3.05, 3.63) is 34.4 Å². The van der Waals surface area contributed by atoms with Gasteiger partial charge in [-0.05, 0) is 46.8 Å². The summed E-state index contributed by atoms with van der Waals surface area (Å²) in [5.74, 6) is 0.760. The van der Waals surface area contributed by atoms with Crippen LogP contribution < -0.4 is 0 Å². The number of unbranched alkanes of at least 4 members (excludes halogenated alkanes) is 4. The minimum absolute atomic E-state index is 0.161. The van der Waals surface area contributed by atoms with Gasteiger partial charge in [0.1, 0.15) is 0 Å². The molecule has 0 amide bonds. The Morgan fingerprint density at radius 1 is 0.735 bits per heavy atom. The SMILES string of the molecule is Cc1cc(C(C)(C)C)c(C(OCCCCCCCC(C)C)C(CO)(CO)CO)c(C(C)(C)C)c1. The highest BCUT2D eigenvalue weighted by molar-refractivity contribution is 5.47. The van der Waals surface area contributed by atoms with Crippen molar-refractivity contribution in [2.24, 2.45) is 11.3 Å². The van der Waals surface area contributed by atoms with Gasteiger partial charge in [0, 0.05) is 6.61 Å². The first-order valence-electron chi connectivity index (χ1n) is 13.3. The average Bonchev–Trinajstić information content (AvgIpc) is 2.73. The van der Waals surface area contributed by atoms with E-state index in [4.69, 9.17) is 4.74 Å². The third kappa shape index (κ3) is 8.62. The number of aryl methyl sites for hydroxylation is 1. The van der Waals surface area contributed by atoms with Crippen molar-refractivity contribution >= 4 is 0 Å². The normalized spacial score (nSPS) is 14.1. The summed E-state index contributed by atoms with van der Waals surface area (Å²) < 4.78 is 6.54. The number of rotatable bonds is 14. The van der Waals surface area contributed by atoms with Crippen LogP contribution in [-0.4, -0.2) is 41.7 Å². The van der Waals surface area contributed by atoms with Crippen LogP contribution >= 0.6 is 0 Å². The maximum Gasteiger partial charge on any atom is 0.0953 e. The third-order valence-electron chi connectivity index (χ3n) is 6.91. The molecule has 1 aromatic rings. The molecule has 0 aliphatic rings. The summed E-state index contributed by atoms with van der Waals surface area (Å²) in [4.78, 5) is 0. The van der Waals surface area contributed by atoms with Gasteiger partial charge in [-0.1, -0.05) is 105 Å². The van der Waals surface area contributed by atoms with Gasteiger partial charge >= 0.3 is 0 Å². The molecule has 0 fully saturated rings. The Kier molecular flexibility index (Phi) is 12.2. The minimum Gasteiger partial charge on any atom is -0.395 e. The lowest BCUT2D eigenvalue weighted by Gasteiger charge is -2.42. The van der Waals surface area contributed by atoms with Crippen LogP contribution in [-0.2, 0) is 15.6 Å². The van der Waals surface area contributed by atoms with Gasteiger partial charge in [-0.2, -0.15) is 0 Å². The minimum atomic E-state index is -1.16. The smallest absolute Gasteiger partial charge is 0.0953 e. The number of aliphatic hydroxyl groups is 3. The number of benzene rings is 1. The van der Waals surface area contributed by atoms with Gasteiger partial charge in [0.15, 0.2) is 0 Å². The van der Waals surface area contributed by atoms with Crippen molar-refractivity contribution in [2.75, 3.05) is 26.4 Å². The molecule has 0 radical (unpaired) electrons. The molecule has 1 atom stereocenters. The van der Waals surface area contributed by atoms with Crippen molar-refractivity contribution in [1.29, 1.82) is 0 Å². The predicted molar refractivity (Wildman–Crippen MR) is 144 cm³/mol. The fraction of sp³-hybridized carbons (Fsp3) is 0.800. The molecule has 0 aromatic heterocycles. The van der Waals surface area contributed by atoms with E-state index in [0.717, 1.165) is 35.4 Å². The molecular weight excluding hydrogens is 424 g/mol. The quantitative estimate of drug-likeness (QED) is 0.263. The van der Waals surface area contributed by atoms with E-state index < -0.39 is 11.5 Å². The molecule has 0 aliphatic carbocycles.